The van der Waals surface area contributed by atoms with Gasteiger partial charge in [-0.15, -0.1) is 0 Å². The molecule has 1 amide bonds. The van der Waals surface area contributed by atoms with E-state index in [1.807, 2.05) is 13.1 Å². The van der Waals surface area contributed by atoms with Crippen molar-refractivity contribution in [3.63, 3.8) is 0 Å². The Morgan fingerprint density at radius 3 is 2.69 bits per heavy atom. The summed E-state index contributed by atoms with van der Waals surface area (Å²) in [6.45, 7) is 6.39. The normalized spacial score (nSPS) is 21.7. The van der Waals surface area contributed by atoms with E-state index in [9.17, 15) is 13.2 Å². The third kappa shape index (κ3) is 6.50. The van der Waals surface area contributed by atoms with Gasteiger partial charge in [-0.05, 0) is 31.7 Å². The fourth-order valence-corrected chi connectivity index (χ4v) is 5.06. The van der Waals surface area contributed by atoms with Gasteiger partial charge in [0, 0.05) is 70.6 Å². The van der Waals surface area contributed by atoms with E-state index in [0.29, 0.717) is 38.6 Å². The molecular formula is C19H33N5O4S. The van der Waals surface area contributed by atoms with Crippen molar-refractivity contribution in [2.24, 2.45) is 0 Å². The van der Waals surface area contributed by atoms with Crippen molar-refractivity contribution < 1.29 is 17.9 Å². The van der Waals surface area contributed by atoms with Crippen LogP contribution in [0.15, 0.2) is 12.4 Å². The lowest BCUT2D eigenvalue weighted by Gasteiger charge is -2.38. The fourth-order valence-electron chi connectivity index (χ4n) is 4.18. The average molecular weight is 428 g/mol. The number of nitrogens with one attached hydrogen (secondary N) is 1. The summed E-state index contributed by atoms with van der Waals surface area (Å²) in [6.07, 6.45) is 8.10. The number of ether oxygens (including phenoxy) is 1. The van der Waals surface area contributed by atoms with E-state index >= 15 is 0 Å². The summed E-state index contributed by atoms with van der Waals surface area (Å²) in [5.41, 5.74) is 1.08. The van der Waals surface area contributed by atoms with Gasteiger partial charge in [0.05, 0.1) is 12.5 Å². The first-order valence-electron chi connectivity index (χ1n) is 10.4. The van der Waals surface area contributed by atoms with Crippen LogP contribution in [0, 0.1) is 6.92 Å². The van der Waals surface area contributed by atoms with Crippen LogP contribution in [0.4, 0.5) is 0 Å². The highest BCUT2D eigenvalue weighted by atomic mass is 32.2. The zero-order chi connectivity index (χ0) is 20.9. The maximum Gasteiger partial charge on any atom is 0.221 e. The summed E-state index contributed by atoms with van der Waals surface area (Å²) >= 11 is 0. The number of hydrogen-bond donors (Lipinski definition) is 1. The van der Waals surface area contributed by atoms with Gasteiger partial charge in [0.1, 0.15) is 0 Å². The Morgan fingerprint density at radius 1 is 1.31 bits per heavy atom. The Bertz CT molecular complexity index is 775. The van der Waals surface area contributed by atoms with Crippen LogP contribution in [0.3, 0.4) is 0 Å². The monoisotopic (exact) mass is 427 g/mol. The van der Waals surface area contributed by atoms with Crippen LogP contribution in [0.1, 0.15) is 31.2 Å². The Morgan fingerprint density at radius 2 is 2.07 bits per heavy atom. The van der Waals surface area contributed by atoms with E-state index in [1.54, 1.807) is 15.2 Å². The Kier molecular flexibility index (Phi) is 7.66. The SMILES string of the molecule is Cc1cnn(CCC(=O)NCCN(C2CCOCC2)C2CCN(S(C)(=O)=O)C2)c1. The van der Waals surface area contributed by atoms with Gasteiger partial charge in [0.15, 0.2) is 0 Å². The molecule has 0 bridgehead atoms. The lowest BCUT2D eigenvalue weighted by Crippen LogP contribution is -2.50. The first kappa shape index (κ1) is 22.2. The molecule has 1 aromatic rings. The predicted molar refractivity (Wildman–Crippen MR) is 110 cm³/mol. The zero-order valence-electron chi connectivity index (χ0n) is 17.4. The number of nitrogens with zero attached hydrogens (tertiary/aromatic N) is 4. The highest BCUT2D eigenvalue weighted by Crippen LogP contribution is 2.24. The second-order valence-electron chi connectivity index (χ2n) is 8.03. The van der Waals surface area contributed by atoms with Gasteiger partial charge in [-0.2, -0.15) is 5.10 Å². The van der Waals surface area contributed by atoms with Crippen LogP contribution in [0.2, 0.25) is 0 Å². The van der Waals surface area contributed by atoms with Gasteiger partial charge in [-0.3, -0.25) is 14.4 Å². The van der Waals surface area contributed by atoms with Crippen molar-refractivity contribution >= 4 is 15.9 Å². The van der Waals surface area contributed by atoms with E-state index in [1.165, 1.54) is 6.26 Å². The molecule has 0 aromatic carbocycles. The highest BCUT2D eigenvalue weighted by molar-refractivity contribution is 7.88. The minimum Gasteiger partial charge on any atom is -0.381 e. The molecule has 0 saturated carbocycles. The van der Waals surface area contributed by atoms with Crippen molar-refractivity contribution in [1.29, 1.82) is 0 Å². The number of hydrogen-bond acceptors (Lipinski definition) is 6. The van der Waals surface area contributed by atoms with Crippen LogP contribution in [-0.2, 0) is 26.1 Å². The highest BCUT2D eigenvalue weighted by Gasteiger charge is 2.35. The summed E-state index contributed by atoms with van der Waals surface area (Å²) in [5, 5.41) is 7.21. The third-order valence-electron chi connectivity index (χ3n) is 5.75. The molecule has 9 nitrogen and oxygen atoms in total. The smallest absolute Gasteiger partial charge is 0.221 e. The van der Waals surface area contributed by atoms with E-state index in [2.05, 4.69) is 15.3 Å². The number of carbonyl (C=O) groups is 1. The molecule has 1 unspecified atom stereocenters. The Labute approximate surface area is 173 Å². The molecule has 0 spiro atoms. The van der Waals surface area contributed by atoms with Crippen molar-refractivity contribution in [3.8, 4) is 0 Å². The first-order valence-corrected chi connectivity index (χ1v) is 12.2. The number of rotatable bonds is 9. The van der Waals surface area contributed by atoms with Gasteiger partial charge in [-0.25, -0.2) is 12.7 Å². The van der Waals surface area contributed by atoms with Crippen molar-refractivity contribution in [2.45, 2.75) is 51.2 Å². The Hall–Kier alpha value is -1.49. The topological polar surface area (TPSA) is 96.8 Å². The fraction of sp³-hybridized carbons (Fsp3) is 0.789. The number of aromatic nitrogens is 2. The molecule has 2 fully saturated rings. The van der Waals surface area contributed by atoms with Crippen LogP contribution < -0.4 is 5.32 Å². The summed E-state index contributed by atoms with van der Waals surface area (Å²) in [5.74, 6) is 0.00858. The van der Waals surface area contributed by atoms with E-state index in [0.717, 1.165) is 44.6 Å². The average Bonchev–Trinajstić information content (AvgIpc) is 3.33. The second-order valence-corrected chi connectivity index (χ2v) is 10.0. The molecule has 1 N–H and O–H groups in total. The molecular weight excluding hydrogens is 394 g/mol. The van der Waals surface area contributed by atoms with Gasteiger partial charge >= 0.3 is 0 Å². The van der Waals surface area contributed by atoms with Crippen LogP contribution in [0.25, 0.3) is 0 Å². The van der Waals surface area contributed by atoms with Crippen LogP contribution in [-0.4, -0.2) is 91.0 Å². The molecule has 2 aliphatic heterocycles. The van der Waals surface area contributed by atoms with Gasteiger partial charge < -0.3 is 10.1 Å². The summed E-state index contributed by atoms with van der Waals surface area (Å²) in [4.78, 5) is 14.6. The number of amides is 1. The minimum atomic E-state index is -3.16. The lowest BCUT2D eigenvalue weighted by atomic mass is 10.0. The molecule has 3 rings (SSSR count). The summed E-state index contributed by atoms with van der Waals surface area (Å²) in [6, 6.07) is 0.564. The third-order valence-corrected chi connectivity index (χ3v) is 7.02. The van der Waals surface area contributed by atoms with Gasteiger partial charge in [-0.1, -0.05) is 0 Å². The van der Waals surface area contributed by atoms with Crippen LogP contribution in [0.5, 0.6) is 0 Å². The standard InChI is InChI=1S/C19H33N5O4S/c1-16-13-21-22(14-16)8-4-19(25)20-7-10-24(17-5-11-28-12-6-17)18-3-9-23(15-18)29(2,26)27/h13-14,17-18H,3-12,15H2,1-2H3,(H,20,25). The largest absolute Gasteiger partial charge is 0.381 e. The lowest BCUT2D eigenvalue weighted by molar-refractivity contribution is -0.121. The maximum absolute atomic E-state index is 12.2. The molecule has 29 heavy (non-hydrogen) atoms. The second kappa shape index (κ2) is 10.0. The molecule has 0 aliphatic carbocycles. The zero-order valence-corrected chi connectivity index (χ0v) is 18.2. The van der Waals surface area contributed by atoms with Crippen molar-refractivity contribution in [2.75, 3.05) is 45.6 Å². The first-order chi connectivity index (χ1) is 13.8. The molecule has 2 saturated heterocycles. The van der Waals surface area contributed by atoms with Crippen molar-refractivity contribution in [1.82, 2.24) is 24.3 Å². The minimum absolute atomic E-state index is 0.00858. The quantitative estimate of drug-likeness (QED) is 0.605. The number of carbonyl (C=O) groups excluding carboxylic acids is 1. The van der Waals surface area contributed by atoms with Gasteiger partial charge in [0.25, 0.3) is 0 Å². The summed E-state index contributed by atoms with van der Waals surface area (Å²) in [7, 11) is -3.16. The number of sulfonamides is 1. The van der Waals surface area contributed by atoms with E-state index < -0.39 is 10.0 Å². The predicted octanol–water partition coefficient (Wildman–Crippen LogP) is 0.213. The van der Waals surface area contributed by atoms with Gasteiger partial charge in [0.2, 0.25) is 15.9 Å². The van der Waals surface area contributed by atoms with Crippen molar-refractivity contribution in [3.05, 3.63) is 18.0 Å². The van der Waals surface area contributed by atoms with Crippen LogP contribution >= 0.6 is 0 Å². The molecule has 3 heterocycles. The molecule has 2 aliphatic rings. The molecule has 10 heteroatoms. The molecule has 0 radical (unpaired) electrons. The summed E-state index contributed by atoms with van der Waals surface area (Å²) < 4.78 is 32.6. The molecule has 1 aromatic heterocycles. The molecule has 1 atom stereocenters. The van der Waals surface area contributed by atoms with E-state index in [-0.39, 0.29) is 11.9 Å². The Balaban J connectivity index is 1.49. The molecule has 164 valence electrons. The number of aryl methyl sites for hydroxylation is 2. The van der Waals surface area contributed by atoms with E-state index in [4.69, 9.17) is 4.74 Å². The maximum atomic E-state index is 12.2.